The van der Waals surface area contributed by atoms with Crippen molar-refractivity contribution in [3.05, 3.63) is 68.7 Å². The highest BCUT2D eigenvalue weighted by Crippen LogP contribution is 2.26. The smallest absolute Gasteiger partial charge is 0.0574 e. The molecule has 0 bridgehead atoms. The molecule has 0 aliphatic carbocycles. The molecular formula is C15H15BrClN. The number of halogens is 2. The van der Waals surface area contributed by atoms with Crippen LogP contribution in [-0.4, -0.2) is 7.05 Å². The first-order valence-electron chi connectivity index (χ1n) is 5.80. The second-order valence-electron chi connectivity index (χ2n) is 4.34. The lowest BCUT2D eigenvalue weighted by atomic mass is 9.97. The van der Waals surface area contributed by atoms with Crippen molar-refractivity contribution in [1.29, 1.82) is 0 Å². The van der Waals surface area contributed by atoms with Gasteiger partial charge in [0.05, 0.1) is 6.04 Å². The van der Waals surface area contributed by atoms with Gasteiger partial charge in [0, 0.05) is 9.50 Å². The van der Waals surface area contributed by atoms with Crippen LogP contribution in [0.1, 0.15) is 22.7 Å². The van der Waals surface area contributed by atoms with Crippen molar-refractivity contribution in [2.75, 3.05) is 7.05 Å². The van der Waals surface area contributed by atoms with E-state index in [1.165, 1.54) is 16.7 Å². The molecule has 18 heavy (non-hydrogen) atoms. The van der Waals surface area contributed by atoms with Gasteiger partial charge >= 0.3 is 0 Å². The molecule has 0 aliphatic heterocycles. The third-order valence-electron chi connectivity index (χ3n) is 2.89. The molecule has 1 nitrogen and oxygen atoms in total. The highest BCUT2D eigenvalue weighted by Gasteiger charge is 2.12. The molecule has 0 aromatic heterocycles. The lowest BCUT2D eigenvalue weighted by Gasteiger charge is -2.18. The van der Waals surface area contributed by atoms with Crippen molar-refractivity contribution < 1.29 is 0 Å². The van der Waals surface area contributed by atoms with Gasteiger partial charge in [-0.15, -0.1) is 0 Å². The molecule has 0 aliphatic rings. The van der Waals surface area contributed by atoms with E-state index in [0.29, 0.717) is 0 Å². The third-order valence-corrected chi connectivity index (χ3v) is 3.60. The van der Waals surface area contributed by atoms with Gasteiger partial charge in [-0.25, -0.2) is 0 Å². The summed E-state index contributed by atoms with van der Waals surface area (Å²) in [5.74, 6) is 0. The van der Waals surface area contributed by atoms with Gasteiger partial charge < -0.3 is 5.32 Å². The Labute approximate surface area is 121 Å². The van der Waals surface area contributed by atoms with Crippen molar-refractivity contribution in [2.24, 2.45) is 0 Å². The molecule has 0 saturated heterocycles. The molecule has 0 spiro atoms. The molecule has 0 fully saturated rings. The Bertz CT molecular complexity index is 516. The van der Waals surface area contributed by atoms with Crippen LogP contribution in [0.25, 0.3) is 0 Å². The molecule has 1 atom stereocenters. The lowest BCUT2D eigenvalue weighted by molar-refractivity contribution is 0.691. The van der Waals surface area contributed by atoms with Gasteiger partial charge in [0.2, 0.25) is 0 Å². The first kappa shape index (κ1) is 13.6. The second-order valence-corrected chi connectivity index (χ2v) is 5.69. The van der Waals surface area contributed by atoms with Crippen LogP contribution in [0.15, 0.2) is 46.9 Å². The third kappa shape index (κ3) is 3.14. The summed E-state index contributed by atoms with van der Waals surface area (Å²) < 4.78 is 1.10. The van der Waals surface area contributed by atoms with Crippen LogP contribution in [0.2, 0.25) is 5.02 Å². The molecule has 0 heterocycles. The maximum Gasteiger partial charge on any atom is 0.0574 e. The summed E-state index contributed by atoms with van der Waals surface area (Å²) in [6.45, 7) is 2.10. The Balaban J connectivity index is 2.41. The van der Waals surface area contributed by atoms with E-state index in [4.69, 9.17) is 11.6 Å². The van der Waals surface area contributed by atoms with Crippen LogP contribution < -0.4 is 5.32 Å². The highest BCUT2D eigenvalue weighted by atomic mass is 79.9. The van der Waals surface area contributed by atoms with Crippen molar-refractivity contribution >= 4 is 27.5 Å². The number of benzene rings is 2. The highest BCUT2D eigenvalue weighted by molar-refractivity contribution is 9.10. The standard InChI is InChI=1S/C15H15BrClN/c1-10-7-12(9-13(16)8-10)15(18-2)11-3-5-14(17)6-4-11/h3-9,15,18H,1-2H3. The molecule has 1 N–H and O–H groups in total. The average Bonchev–Trinajstić information content (AvgIpc) is 2.31. The monoisotopic (exact) mass is 323 g/mol. The molecule has 0 amide bonds. The summed E-state index contributed by atoms with van der Waals surface area (Å²) in [4.78, 5) is 0. The summed E-state index contributed by atoms with van der Waals surface area (Å²) in [5.41, 5.74) is 3.69. The van der Waals surface area contributed by atoms with Crippen molar-refractivity contribution in [3.63, 3.8) is 0 Å². The number of hydrogen-bond donors (Lipinski definition) is 1. The van der Waals surface area contributed by atoms with Crippen LogP contribution in [0.4, 0.5) is 0 Å². The predicted molar refractivity (Wildman–Crippen MR) is 81.2 cm³/mol. The maximum atomic E-state index is 5.93. The van der Waals surface area contributed by atoms with Gasteiger partial charge in [0.1, 0.15) is 0 Å². The predicted octanol–water partition coefficient (Wildman–Crippen LogP) is 4.72. The minimum absolute atomic E-state index is 0.179. The van der Waals surface area contributed by atoms with E-state index in [2.05, 4.69) is 58.5 Å². The molecule has 3 heteroatoms. The molecular weight excluding hydrogens is 310 g/mol. The van der Waals surface area contributed by atoms with Gasteiger partial charge in [-0.2, -0.15) is 0 Å². The van der Waals surface area contributed by atoms with E-state index in [1.807, 2.05) is 19.2 Å². The van der Waals surface area contributed by atoms with Crippen LogP contribution in [0, 0.1) is 6.92 Å². The Kier molecular flexibility index (Phi) is 4.44. The van der Waals surface area contributed by atoms with Gasteiger partial charge in [-0.05, 0) is 54.9 Å². The van der Waals surface area contributed by atoms with Gasteiger partial charge in [0.25, 0.3) is 0 Å². The van der Waals surface area contributed by atoms with Gasteiger partial charge in [0.15, 0.2) is 0 Å². The molecule has 2 rings (SSSR count). The molecule has 0 radical (unpaired) electrons. The van der Waals surface area contributed by atoms with Crippen LogP contribution in [0.5, 0.6) is 0 Å². The van der Waals surface area contributed by atoms with E-state index < -0.39 is 0 Å². The van der Waals surface area contributed by atoms with E-state index in [0.717, 1.165) is 9.50 Å². The first-order valence-corrected chi connectivity index (χ1v) is 6.97. The van der Waals surface area contributed by atoms with Gasteiger partial charge in [-0.3, -0.25) is 0 Å². The topological polar surface area (TPSA) is 12.0 Å². The summed E-state index contributed by atoms with van der Waals surface area (Å²) >= 11 is 9.47. The zero-order valence-corrected chi connectivity index (χ0v) is 12.7. The fourth-order valence-electron chi connectivity index (χ4n) is 2.11. The molecule has 2 aromatic rings. The second kappa shape index (κ2) is 5.87. The molecule has 0 saturated carbocycles. The largest absolute Gasteiger partial charge is 0.309 e. The van der Waals surface area contributed by atoms with Crippen LogP contribution in [-0.2, 0) is 0 Å². The fraction of sp³-hybridized carbons (Fsp3) is 0.200. The first-order chi connectivity index (χ1) is 8.60. The average molecular weight is 325 g/mol. The van der Waals surface area contributed by atoms with E-state index in [9.17, 15) is 0 Å². The number of hydrogen-bond acceptors (Lipinski definition) is 1. The van der Waals surface area contributed by atoms with Crippen molar-refractivity contribution in [2.45, 2.75) is 13.0 Å². The number of rotatable bonds is 3. The Morgan fingerprint density at radius 3 is 2.28 bits per heavy atom. The van der Waals surface area contributed by atoms with Crippen LogP contribution >= 0.6 is 27.5 Å². The zero-order valence-electron chi connectivity index (χ0n) is 10.4. The molecule has 1 unspecified atom stereocenters. The summed E-state index contributed by atoms with van der Waals surface area (Å²) in [5, 5.41) is 4.11. The van der Waals surface area contributed by atoms with E-state index >= 15 is 0 Å². The number of aryl methyl sites for hydroxylation is 1. The minimum atomic E-state index is 0.179. The quantitative estimate of drug-likeness (QED) is 0.861. The Morgan fingerprint density at radius 2 is 1.72 bits per heavy atom. The number of nitrogens with one attached hydrogen (secondary N) is 1. The van der Waals surface area contributed by atoms with Crippen molar-refractivity contribution in [3.8, 4) is 0 Å². The van der Waals surface area contributed by atoms with Gasteiger partial charge in [-0.1, -0.05) is 45.7 Å². The minimum Gasteiger partial charge on any atom is -0.309 e. The molecule has 94 valence electrons. The maximum absolute atomic E-state index is 5.93. The summed E-state index contributed by atoms with van der Waals surface area (Å²) in [6, 6.07) is 14.6. The summed E-state index contributed by atoms with van der Waals surface area (Å²) in [7, 11) is 1.97. The lowest BCUT2D eigenvalue weighted by Crippen LogP contribution is -2.17. The Hall–Kier alpha value is -0.830. The summed E-state index contributed by atoms with van der Waals surface area (Å²) in [6.07, 6.45) is 0. The zero-order chi connectivity index (χ0) is 13.1. The fourth-order valence-corrected chi connectivity index (χ4v) is 2.86. The normalized spacial score (nSPS) is 12.4. The van der Waals surface area contributed by atoms with E-state index in [1.54, 1.807) is 0 Å². The van der Waals surface area contributed by atoms with Crippen molar-refractivity contribution in [1.82, 2.24) is 5.32 Å². The SMILES string of the molecule is CNC(c1ccc(Cl)cc1)c1cc(C)cc(Br)c1. The Morgan fingerprint density at radius 1 is 1.06 bits per heavy atom. The van der Waals surface area contributed by atoms with Crippen LogP contribution in [0.3, 0.4) is 0 Å². The van der Waals surface area contributed by atoms with E-state index in [-0.39, 0.29) is 6.04 Å². The molecule has 2 aromatic carbocycles.